The van der Waals surface area contributed by atoms with E-state index in [4.69, 9.17) is 0 Å². The fraction of sp³-hybridized carbons (Fsp3) is 0.444. The van der Waals surface area contributed by atoms with Crippen LogP contribution < -0.4 is 5.32 Å². The minimum Gasteiger partial charge on any atom is -0.389 e. The minimum atomic E-state index is -0.768. The van der Waals surface area contributed by atoms with Gasteiger partial charge in [-0.15, -0.1) is 11.8 Å². The highest BCUT2D eigenvalue weighted by Gasteiger charge is 2.68. The first-order valence-corrected chi connectivity index (χ1v) is 9.62. The molecule has 7 rings (SSSR count). The summed E-state index contributed by atoms with van der Waals surface area (Å²) < 4.78 is 0. The summed E-state index contributed by atoms with van der Waals surface area (Å²) in [5.74, 6) is 0.0593. The van der Waals surface area contributed by atoms with E-state index >= 15 is 0 Å². The highest BCUT2D eigenvalue weighted by Crippen LogP contribution is 2.67. The molecule has 0 radical (unpaired) electrons. The number of hydrogen-bond donors (Lipinski definition) is 3. The standard InChI is InChI=1S/C18H15N3O3S/c22-7-3-8-18-4-9(25-8)20-13-11(18)15-10-6(5-19-12(10)16(13)23)1-2-21(15)14(7)17(18)24/h3,5,9,13-14,17,19-20,24H,1-2,4H2/t9-,13?,14+,17-,18+/m0/s1. The first-order chi connectivity index (χ1) is 12.1. The van der Waals surface area contributed by atoms with Crippen LogP contribution in [-0.4, -0.2) is 56.7 Å². The van der Waals surface area contributed by atoms with E-state index in [0.717, 1.165) is 40.1 Å². The van der Waals surface area contributed by atoms with Gasteiger partial charge in [-0.05, 0) is 30.1 Å². The Balaban J connectivity index is 1.67. The lowest BCUT2D eigenvalue weighted by atomic mass is 9.57. The molecule has 1 spiro atoms. The van der Waals surface area contributed by atoms with Crippen molar-refractivity contribution in [1.82, 2.24) is 15.2 Å². The number of H-pyrrole nitrogens is 1. The van der Waals surface area contributed by atoms with Crippen LogP contribution in [0.3, 0.4) is 0 Å². The summed E-state index contributed by atoms with van der Waals surface area (Å²) in [6.45, 7) is 0.702. The molecular weight excluding hydrogens is 338 g/mol. The SMILES string of the molecule is O=C1c2[nH]cc3c2C2=C4C1N[C@@H]1C[C@@]45C(=CC(=O)[C@H]([C@@H]5O)N2CC3)S1. The average molecular weight is 353 g/mol. The number of fused-ring (bicyclic) bond motifs is 3. The number of aliphatic hydroxyl groups excluding tert-OH is 1. The second-order valence-electron chi connectivity index (χ2n) is 7.82. The number of carbonyl (C=O) groups is 2. The molecule has 7 heteroatoms. The summed E-state index contributed by atoms with van der Waals surface area (Å²) in [7, 11) is 0. The number of aliphatic hydroxyl groups is 1. The van der Waals surface area contributed by atoms with E-state index in [-0.39, 0.29) is 16.9 Å². The summed E-state index contributed by atoms with van der Waals surface area (Å²) in [6, 6.07) is -0.930. The van der Waals surface area contributed by atoms with Gasteiger partial charge in [-0.1, -0.05) is 0 Å². The van der Waals surface area contributed by atoms with Gasteiger partial charge in [0.25, 0.3) is 0 Å². The quantitative estimate of drug-likeness (QED) is 0.627. The van der Waals surface area contributed by atoms with Gasteiger partial charge >= 0.3 is 0 Å². The van der Waals surface area contributed by atoms with Gasteiger partial charge in [0.15, 0.2) is 5.78 Å². The molecule has 25 heavy (non-hydrogen) atoms. The molecule has 3 bridgehead atoms. The maximum atomic E-state index is 13.2. The molecule has 2 aliphatic carbocycles. The molecule has 1 aromatic rings. The number of nitrogens with zero attached hydrogens (tertiary/aromatic N) is 1. The van der Waals surface area contributed by atoms with Crippen LogP contribution >= 0.6 is 11.8 Å². The first kappa shape index (κ1) is 13.4. The lowest BCUT2D eigenvalue weighted by Crippen LogP contribution is -2.67. The largest absolute Gasteiger partial charge is 0.389 e. The van der Waals surface area contributed by atoms with Crippen LogP contribution in [0.1, 0.15) is 28.0 Å². The van der Waals surface area contributed by atoms with E-state index in [0.29, 0.717) is 12.2 Å². The molecule has 1 unspecified atom stereocenters. The average Bonchev–Trinajstić information content (AvgIpc) is 3.13. The van der Waals surface area contributed by atoms with E-state index in [2.05, 4.69) is 15.2 Å². The van der Waals surface area contributed by atoms with Gasteiger partial charge in [-0.2, -0.15) is 0 Å². The second-order valence-corrected chi connectivity index (χ2v) is 9.06. The summed E-state index contributed by atoms with van der Waals surface area (Å²) >= 11 is 1.61. The van der Waals surface area contributed by atoms with Crippen molar-refractivity contribution in [2.24, 2.45) is 5.41 Å². The van der Waals surface area contributed by atoms with Crippen LogP contribution in [0.5, 0.6) is 0 Å². The van der Waals surface area contributed by atoms with Gasteiger partial charge in [0.05, 0.1) is 28.6 Å². The van der Waals surface area contributed by atoms with Crippen molar-refractivity contribution in [1.29, 1.82) is 0 Å². The van der Waals surface area contributed by atoms with Crippen molar-refractivity contribution in [2.45, 2.75) is 36.4 Å². The molecule has 2 fully saturated rings. The van der Waals surface area contributed by atoms with Crippen molar-refractivity contribution >= 4 is 29.0 Å². The van der Waals surface area contributed by atoms with Gasteiger partial charge in [-0.25, -0.2) is 0 Å². The Morgan fingerprint density at radius 1 is 1.36 bits per heavy atom. The molecule has 126 valence electrons. The van der Waals surface area contributed by atoms with Crippen LogP contribution in [0.4, 0.5) is 0 Å². The molecule has 5 atom stereocenters. The Kier molecular flexibility index (Phi) is 2.03. The van der Waals surface area contributed by atoms with Crippen molar-refractivity contribution in [3.05, 3.63) is 39.6 Å². The number of hydrogen-bond acceptors (Lipinski definition) is 6. The smallest absolute Gasteiger partial charge is 0.200 e. The van der Waals surface area contributed by atoms with Gasteiger partial charge in [0.2, 0.25) is 5.78 Å². The fourth-order valence-electron chi connectivity index (χ4n) is 6.00. The Hall–Kier alpha value is -1.83. The zero-order valence-electron chi connectivity index (χ0n) is 13.2. The predicted molar refractivity (Wildman–Crippen MR) is 90.7 cm³/mol. The number of rotatable bonds is 0. The van der Waals surface area contributed by atoms with E-state index < -0.39 is 23.6 Å². The third kappa shape index (κ3) is 1.19. The molecule has 5 heterocycles. The molecule has 1 aromatic heterocycles. The number of aromatic amines is 1. The summed E-state index contributed by atoms with van der Waals surface area (Å²) in [5, 5.41) is 14.9. The Labute approximate surface area is 147 Å². The van der Waals surface area contributed by atoms with Crippen LogP contribution in [0.15, 0.2) is 22.8 Å². The third-order valence-corrected chi connectivity index (χ3v) is 8.24. The van der Waals surface area contributed by atoms with Crippen molar-refractivity contribution in [3.63, 3.8) is 0 Å². The van der Waals surface area contributed by atoms with Crippen LogP contribution in [-0.2, 0) is 11.2 Å². The van der Waals surface area contributed by atoms with Gasteiger partial charge in [0.1, 0.15) is 6.04 Å². The maximum absolute atomic E-state index is 13.2. The van der Waals surface area contributed by atoms with Crippen LogP contribution in [0.25, 0.3) is 5.70 Å². The monoisotopic (exact) mass is 353 g/mol. The summed E-state index contributed by atoms with van der Waals surface area (Å²) in [4.78, 5) is 32.2. The zero-order valence-corrected chi connectivity index (χ0v) is 14.0. The summed E-state index contributed by atoms with van der Waals surface area (Å²) in [6.07, 6.45) is 4.44. The Morgan fingerprint density at radius 3 is 3.12 bits per heavy atom. The lowest BCUT2D eigenvalue weighted by molar-refractivity contribution is -0.128. The molecule has 0 amide bonds. The maximum Gasteiger partial charge on any atom is 0.200 e. The third-order valence-electron chi connectivity index (χ3n) is 6.91. The molecule has 2 saturated heterocycles. The fourth-order valence-corrected chi connectivity index (χ4v) is 7.56. The van der Waals surface area contributed by atoms with Crippen LogP contribution in [0, 0.1) is 5.41 Å². The minimum absolute atomic E-state index is 0.00582. The number of aromatic nitrogens is 1. The van der Waals surface area contributed by atoms with Crippen molar-refractivity contribution in [3.8, 4) is 0 Å². The summed E-state index contributed by atoms with van der Waals surface area (Å²) in [5.41, 5.74) is 4.27. The topological polar surface area (TPSA) is 85.4 Å². The molecule has 3 N–H and O–H groups in total. The van der Waals surface area contributed by atoms with Crippen molar-refractivity contribution in [2.75, 3.05) is 6.54 Å². The van der Waals surface area contributed by atoms with E-state index in [9.17, 15) is 14.7 Å². The molecule has 4 aliphatic heterocycles. The molecule has 6 aliphatic rings. The Morgan fingerprint density at radius 2 is 2.24 bits per heavy atom. The molecule has 6 nitrogen and oxygen atoms in total. The number of nitrogens with one attached hydrogen (secondary N) is 2. The second kappa shape index (κ2) is 3.79. The van der Waals surface area contributed by atoms with E-state index in [1.165, 1.54) is 0 Å². The highest BCUT2D eigenvalue weighted by molar-refractivity contribution is 8.04. The predicted octanol–water partition coefficient (Wildman–Crippen LogP) is 0.411. The number of piperidine rings is 1. The number of ketones is 2. The number of thioether (sulfide) groups is 1. The first-order valence-electron chi connectivity index (χ1n) is 8.74. The lowest BCUT2D eigenvalue weighted by Gasteiger charge is -2.58. The number of carbonyl (C=O) groups excluding carboxylic acids is 2. The van der Waals surface area contributed by atoms with Gasteiger partial charge < -0.3 is 15.0 Å². The van der Waals surface area contributed by atoms with E-state index in [1.54, 1.807) is 17.8 Å². The van der Waals surface area contributed by atoms with Crippen LogP contribution in [0.2, 0.25) is 0 Å². The zero-order chi connectivity index (χ0) is 16.7. The molecular formula is C18H15N3O3S. The normalized spacial score (nSPS) is 42.1. The van der Waals surface area contributed by atoms with Gasteiger partial charge in [0, 0.05) is 28.9 Å². The number of Topliss-reactive ketones (excluding diaryl/α,β-unsaturated/α-hetero) is 1. The Bertz CT molecular complexity index is 992. The molecule has 0 saturated carbocycles. The highest BCUT2D eigenvalue weighted by atomic mass is 32.2. The molecule has 0 aromatic carbocycles. The van der Waals surface area contributed by atoms with E-state index in [1.807, 2.05) is 6.20 Å². The van der Waals surface area contributed by atoms with Gasteiger partial charge in [-0.3, -0.25) is 14.9 Å². The van der Waals surface area contributed by atoms with Crippen molar-refractivity contribution < 1.29 is 14.7 Å².